The fourth-order valence-corrected chi connectivity index (χ4v) is 5.94. The number of hydrogen-bond donors (Lipinski definition) is 1. The van der Waals surface area contributed by atoms with E-state index in [1.807, 2.05) is 44.2 Å². The van der Waals surface area contributed by atoms with Crippen LogP contribution in [0.1, 0.15) is 38.8 Å². The monoisotopic (exact) mass is 510 g/mol. The molecule has 36 heavy (non-hydrogen) atoms. The molecule has 0 radical (unpaired) electrons. The van der Waals surface area contributed by atoms with E-state index in [1.54, 1.807) is 38.1 Å². The van der Waals surface area contributed by atoms with Crippen molar-refractivity contribution in [2.75, 3.05) is 0 Å². The molecule has 9 heteroatoms. The summed E-state index contributed by atoms with van der Waals surface area (Å²) in [6.45, 7) is 7.36. The van der Waals surface area contributed by atoms with Crippen LogP contribution in [0.15, 0.2) is 54.6 Å². The zero-order chi connectivity index (χ0) is 26.0. The van der Waals surface area contributed by atoms with E-state index in [1.165, 1.54) is 16.7 Å². The summed E-state index contributed by atoms with van der Waals surface area (Å²) < 4.78 is 10.3. The van der Waals surface area contributed by atoms with Crippen LogP contribution in [0.5, 0.6) is 5.75 Å². The lowest BCUT2D eigenvalue weighted by molar-refractivity contribution is -0.159. The Kier molecular flexibility index (Phi) is 7.40. The van der Waals surface area contributed by atoms with Crippen LogP contribution in [0.4, 0.5) is 0 Å². The molecule has 2 saturated heterocycles. The van der Waals surface area contributed by atoms with Crippen molar-refractivity contribution in [3.63, 3.8) is 0 Å². The summed E-state index contributed by atoms with van der Waals surface area (Å²) in [5.41, 5.74) is 1.55. The van der Waals surface area contributed by atoms with Crippen molar-refractivity contribution < 1.29 is 28.7 Å². The number of carbonyl (C=O) groups excluding carboxylic acids is 4. The minimum Gasteiger partial charge on any atom is -0.461 e. The lowest BCUT2D eigenvalue weighted by atomic mass is 9.95. The van der Waals surface area contributed by atoms with Crippen molar-refractivity contribution >= 4 is 35.5 Å². The molecule has 1 N–H and O–H groups in total. The first-order chi connectivity index (χ1) is 17.1. The van der Waals surface area contributed by atoms with Crippen molar-refractivity contribution in [3.8, 4) is 5.75 Å². The van der Waals surface area contributed by atoms with E-state index in [0.717, 1.165) is 5.56 Å². The minimum atomic E-state index is -0.801. The predicted molar refractivity (Wildman–Crippen MR) is 135 cm³/mol. The Hall–Kier alpha value is -3.33. The number of thioether (sulfide) groups is 1. The summed E-state index contributed by atoms with van der Waals surface area (Å²) in [5.74, 6) is -1.32. The highest BCUT2D eigenvalue weighted by atomic mass is 32.2. The van der Waals surface area contributed by atoms with Gasteiger partial charge in [-0.05, 0) is 37.1 Å². The van der Waals surface area contributed by atoms with Crippen LogP contribution in [0.25, 0.3) is 0 Å². The molecular weight excluding hydrogens is 480 g/mol. The van der Waals surface area contributed by atoms with Gasteiger partial charge in [0.15, 0.2) is 0 Å². The maximum absolute atomic E-state index is 13.2. The summed E-state index contributed by atoms with van der Waals surface area (Å²) in [6, 6.07) is 14.6. The molecule has 2 heterocycles. The van der Waals surface area contributed by atoms with Crippen molar-refractivity contribution in [1.82, 2.24) is 10.2 Å². The van der Waals surface area contributed by atoms with Gasteiger partial charge >= 0.3 is 11.9 Å². The van der Waals surface area contributed by atoms with Crippen LogP contribution in [0.3, 0.4) is 0 Å². The molecule has 2 aromatic carbocycles. The highest BCUT2D eigenvalue weighted by Gasteiger charge is 2.64. The van der Waals surface area contributed by atoms with Crippen LogP contribution in [0.2, 0.25) is 0 Å². The van der Waals surface area contributed by atoms with Gasteiger partial charge in [-0.3, -0.25) is 14.4 Å². The van der Waals surface area contributed by atoms with E-state index in [9.17, 15) is 19.2 Å². The molecule has 190 valence electrons. The normalized spacial score (nSPS) is 22.0. The Labute approximate surface area is 214 Å². The number of fused-ring (bicyclic) bond motifs is 1. The maximum Gasteiger partial charge on any atom is 0.335 e. The molecule has 0 saturated carbocycles. The van der Waals surface area contributed by atoms with E-state index >= 15 is 0 Å². The van der Waals surface area contributed by atoms with Gasteiger partial charge in [-0.25, -0.2) is 4.79 Å². The number of benzene rings is 2. The number of carbonyl (C=O) groups is 4. The lowest BCUT2D eigenvalue weighted by Gasteiger charge is -2.43. The molecular formula is C27H30N2O6S. The summed E-state index contributed by atoms with van der Waals surface area (Å²) in [7, 11) is 0. The second-order valence-corrected chi connectivity index (χ2v) is 11.6. The largest absolute Gasteiger partial charge is 0.461 e. The standard InChI is InChI=1S/C27H30N2O6S/c1-16(2)25(32)34-15-18-11-8-12-19(13-18)35-26(33)22-27(3,4)36-24-21(23(31)29(22)24)28-20(30)14-17-9-6-5-7-10-17/h5-13,16,21-22,24H,14-15H2,1-4H3,(H,28,30)/t21-,22+,24-/m0/s1. The van der Waals surface area contributed by atoms with Crippen molar-refractivity contribution in [3.05, 3.63) is 65.7 Å². The minimum absolute atomic E-state index is 0.0736. The topological polar surface area (TPSA) is 102 Å². The van der Waals surface area contributed by atoms with Crippen LogP contribution < -0.4 is 10.1 Å². The first-order valence-corrected chi connectivity index (χ1v) is 12.8. The van der Waals surface area contributed by atoms with E-state index in [2.05, 4.69) is 5.32 Å². The Morgan fingerprint density at radius 3 is 2.44 bits per heavy atom. The Morgan fingerprint density at radius 1 is 1.06 bits per heavy atom. The van der Waals surface area contributed by atoms with Gasteiger partial charge in [0.25, 0.3) is 0 Å². The Bertz CT molecular complexity index is 1170. The van der Waals surface area contributed by atoms with Crippen molar-refractivity contribution in [2.45, 2.75) is 62.9 Å². The Balaban J connectivity index is 1.39. The van der Waals surface area contributed by atoms with Crippen LogP contribution in [-0.2, 0) is 36.9 Å². The van der Waals surface area contributed by atoms with Gasteiger partial charge in [-0.15, -0.1) is 11.8 Å². The second kappa shape index (κ2) is 10.3. The molecule has 0 unspecified atom stereocenters. The first-order valence-electron chi connectivity index (χ1n) is 11.9. The molecule has 0 spiro atoms. The number of nitrogens with zero attached hydrogens (tertiary/aromatic N) is 1. The fourth-order valence-electron chi connectivity index (χ4n) is 4.32. The number of amides is 2. The molecule has 2 fully saturated rings. The number of rotatable bonds is 8. The van der Waals surface area contributed by atoms with Crippen molar-refractivity contribution in [2.24, 2.45) is 5.92 Å². The second-order valence-electron chi connectivity index (χ2n) is 9.80. The molecule has 0 aliphatic carbocycles. The van der Waals surface area contributed by atoms with E-state index in [4.69, 9.17) is 9.47 Å². The molecule has 0 aromatic heterocycles. The Morgan fingerprint density at radius 2 is 1.75 bits per heavy atom. The fraction of sp³-hybridized carbons (Fsp3) is 0.407. The van der Waals surface area contributed by atoms with Crippen LogP contribution in [0, 0.1) is 5.92 Å². The van der Waals surface area contributed by atoms with Crippen LogP contribution in [-0.4, -0.2) is 50.9 Å². The van der Waals surface area contributed by atoms with E-state index in [0.29, 0.717) is 11.3 Å². The van der Waals surface area contributed by atoms with Gasteiger partial charge in [0.1, 0.15) is 29.8 Å². The molecule has 2 aliphatic heterocycles. The summed E-state index contributed by atoms with van der Waals surface area (Å²) in [4.78, 5) is 52.0. The lowest BCUT2D eigenvalue weighted by Crippen LogP contribution is -2.71. The zero-order valence-electron chi connectivity index (χ0n) is 20.7. The van der Waals surface area contributed by atoms with Crippen molar-refractivity contribution in [1.29, 1.82) is 0 Å². The summed E-state index contributed by atoms with van der Waals surface area (Å²) in [6.07, 6.45) is 0.180. The highest BCUT2D eigenvalue weighted by Crippen LogP contribution is 2.51. The number of nitrogens with one attached hydrogen (secondary N) is 1. The smallest absolute Gasteiger partial charge is 0.335 e. The van der Waals surface area contributed by atoms with Crippen LogP contribution >= 0.6 is 11.8 Å². The average Bonchev–Trinajstić information content (AvgIpc) is 3.09. The quantitative estimate of drug-likeness (QED) is 0.331. The predicted octanol–water partition coefficient (Wildman–Crippen LogP) is 3.08. The summed E-state index contributed by atoms with van der Waals surface area (Å²) in [5, 5.41) is 2.49. The SMILES string of the molecule is CC(C)C(=O)OCc1cccc(OC(=O)[C@H]2N3C(=O)[C@H](NC(=O)Cc4ccccc4)[C@@H]3SC2(C)C)c1. The summed E-state index contributed by atoms with van der Waals surface area (Å²) >= 11 is 1.47. The number of ether oxygens (including phenoxy) is 2. The molecule has 2 aromatic rings. The number of hydrogen-bond acceptors (Lipinski definition) is 7. The van der Waals surface area contributed by atoms with E-state index in [-0.39, 0.29) is 42.1 Å². The van der Waals surface area contributed by atoms with Gasteiger partial charge in [-0.1, -0.05) is 56.3 Å². The van der Waals surface area contributed by atoms with Gasteiger partial charge in [0, 0.05) is 4.75 Å². The molecule has 4 rings (SSSR count). The molecule has 2 amide bonds. The highest BCUT2D eigenvalue weighted by molar-refractivity contribution is 8.01. The van der Waals surface area contributed by atoms with Gasteiger partial charge in [0.05, 0.1) is 12.3 Å². The van der Waals surface area contributed by atoms with E-state index < -0.39 is 22.8 Å². The zero-order valence-corrected chi connectivity index (χ0v) is 21.5. The maximum atomic E-state index is 13.2. The molecule has 2 aliphatic rings. The molecule has 8 nitrogen and oxygen atoms in total. The molecule has 3 atom stereocenters. The number of esters is 2. The van der Waals surface area contributed by atoms with Gasteiger partial charge < -0.3 is 19.7 Å². The third-order valence-electron chi connectivity index (χ3n) is 6.16. The third kappa shape index (κ3) is 5.41. The first kappa shape index (κ1) is 25.8. The third-order valence-corrected chi connectivity index (χ3v) is 7.73. The number of β-lactam (4-membered cyclic amide) rings is 1. The average molecular weight is 511 g/mol. The van der Waals surface area contributed by atoms with Gasteiger partial charge in [0.2, 0.25) is 11.8 Å². The van der Waals surface area contributed by atoms with Gasteiger partial charge in [-0.2, -0.15) is 0 Å². The molecule has 0 bridgehead atoms.